The Hall–Kier alpha value is -1.96. The fraction of sp³-hybridized carbons (Fsp3) is 0. The van der Waals surface area contributed by atoms with Crippen molar-refractivity contribution < 1.29 is 0 Å². The Balaban J connectivity index is 2.67. The van der Waals surface area contributed by atoms with Gasteiger partial charge in [0.05, 0.1) is 0 Å². The maximum Gasteiger partial charge on any atom is 0.109 e. The van der Waals surface area contributed by atoms with E-state index in [1.54, 1.807) is 6.08 Å². The smallest absolute Gasteiger partial charge is 0.109 e. The second-order valence-electron chi connectivity index (χ2n) is 3.09. The molecule has 1 heterocycles. The molecule has 0 amide bonds. The molecule has 0 spiro atoms. The van der Waals surface area contributed by atoms with Crippen LogP contribution in [-0.4, -0.2) is 4.98 Å². The molecule has 1 aromatic carbocycles. The molecule has 2 aromatic rings. The highest BCUT2D eigenvalue weighted by atomic mass is 14.8. The van der Waals surface area contributed by atoms with Crippen LogP contribution in [-0.2, 0) is 0 Å². The molecule has 1 aromatic heterocycles. The van der Waals surface area contributed by atoms with Crippen LogP contribution >= 0.6 is 0 Å². The van der Waals surface area contributed by atoms with Crippen molar-refractivity contribution in [3.05, 3.63) is 48.6 Å². The fourth-order valence-electron chi connectivity index (χ4n) is 1.53. The molecule has 0 bridgehead atoms. The largest absolute Gasteiger partial charge is 0.385 e. The topological polar surface area (TPSA) is 41.8 Å². The Kier molecular flexibility index (Phi) is 2.11. The lowest BCUT2D eigenvalue weighted by Gasteiger charge is -1.91. The molecule has 70 valence electrons. The maximum atomic E-state index is 5.85. The van der Waals surface area contributed by atoms with E-state index in [1.165, 1.54) is 0 Å². The monoisotopic (exact) mass is 184 g/mol. The molecule has 2 rings (SSSR count). The van der Waals surface area contributed by atoms with E-state index in [4.69, 9.17) is 5.73 Å². The van der Waals surface area contributed by atoms with Crippen LogP contribution in [0.5, 0.6) is 0 Å². The summed E-state index contributed by atoms with van der Waals surface area (Å²) in [6.07, 6.45) is 5.58. The predicted octanol–water partition coefficient (Wildman–Crippen LogP) is 2.95. The minimum absolute atomic E-state index is 0.698. The van der Waals surface area contributed by atoms with E-state index in [0.717, 1.165) is 16.5 Å². The number of nitrogen functional groups attached to an aromatic ring is 1. The van der Waals surface area contributed by atoms with Crippen molar-refractivity contribution in [2.45, 2.75) is 0 Å². The van der Waals surface area contributed by atoms with Crippen molar-refractivity contribution in [3.63, 3.8) is 0 Å². The Morgan fingerprint density at radius 1 is 1.29 bits per heavy atom. The number of fused-ring (bicyclic) bond motifs is 1. The number of para-hydroxylation sites is 1. The van der Waals surface area contributed by atoms with Crippen molar-refractivity contribution in [1.82, 2.24) is 4.98 Å². The normalized spacial score (nSPS) is 11.1. The van der Waals surface area contributed by atoms with Gasteiger partial charge in [-0.15, -0.1) is 0 Å². The summed E-state index contributed by atoms with van der Waals surface area (Å²) < 4.78 is 0. The van der Waals surface area contributed by atoms with Gasteiger partial charge in [-0.2, -0.15) is 0 Å². The van der Waals surface area contributed by atoms with Gasteiger partial charge in [0.2, 0.25) is 0 Å². The van der Waals surface area contributed by atoms with Gasteiger partial charge in [0.15, 0.2) is 0 Å². The quantitative estimate of drug-likeness (QED) is 0.692. The summed E-state index contributed by atoms with van der Waals surface area (Å²) in [5.41, 5.74) is 7.94. The van der Waals surface area contributed by atoms with Gasteiger partial charge < -0.3 is 10.7 Å². The highest BCUT2D eigenvalue weighted by Gasteiger charge is 2.03. The third-order valence-electron chi connectivity index (χ3n) is 2.18. The van der Waals surface area contributed by atoms with Crippen LogP contribution < -0.4 is 5.73 Å². The zero-order chi connectivity index (χ0) is 9.97. The molecular formula is C12H12N2. The second kappa shape index (κ2) is 3.42. The van der Waals surface area contributed by atoms with Gasteiger partial charge in [-0.3, -0.25) is 0 Å². The van der Waals surface area contributed by atoms with E-state index >= 15 is 0 Å². The van der Waals surface area contributed by atoms with Gasteiger partial charge in [-0.05, 0) is 6.07 Å². The third kappa shape index (κ3) is 1.31. The third-order valence-corrected chi connectivity index (χ3v) is 2.18. The number of rotatable bonds is 2. The summed E-state index contributed by atoms with van der Waals surface area (Å²) in [5, 5.41) is 1.14. The number of nitrogens with two attached hydrogens (primary N) is 1. The van der Waals surface area contributed by atoms with Crippen molar-refractivity contribution >= 4 is 22.8 Å². The first kappa shape index (κ1) is 8.63. The number of aromatic nitrogens is 1. The lowest BCUT2D eigenvalue weighted by atomic mass is 10.1. The average Bonchev–Trinajstić information content (AvgIpc) is 2.51. The Bertz CT molecular complexity index is 492. The summed E-state index contributed by atoms with van der Waals surface area (Å²) in [7, 11) is 0. The number of nitrogens with one attached hydrogen (secondary N) is 1. The standard InChI is InChI=1S/C12H12N2/c1-2-3-6-10-9-7-4-5-8-11(9)14-12(10)13/h2-8,14H,1,13H2/b6-3-. The summed E-state index contributed by atoms with van der Waals surface area (Å²) in [6.45, 7) is 3.63. The first-order chi connectivity index (χ1) is 6.83. The number of H-pyrrole nitrogens is 1. The minimum Gasteiger partial charge on any atom is -0.385 e. The van der Waals surface area contributed by atoms with Gasteiger partial charge in [-0.25, -0.2) is 0 Å². The van der Waals surface area contributed by atoms with Crippen molar-refractivity contribution in [3.8, 4) is 0 Å². The van der Waals surface area contributed by atoms with Gasteiger partial charge in [0.1, 0.15) is 5.82 Å². The van der Waals surface area contributed by atoms with Crippen molar-refractivity contribution in [2.75, 3.05) is 5.73 Å². The Morgan fingerprint density at radius 2 is 2.07 bits per heavy atom. The summed E-state index contributed by atoms with van der Waals surface area (Å²) in [5.74, 6) is 0.698. The molecule has 2 heteroatoms. The molecule has 2 nitrogen and oxygen atoms in total. The van der Waals surface area contributed by atoms with Crippen LogP contribution in [0.1, 0.15) is 5.56 Å². The van der Waals surface area contributed by atoms with Crippen LogP contribution in [0.3, 0.4) is 0 Å². The van der Waals surface area contributed by atoms with E-state index in [9.17, 15) is 0 Å². The lowest BCUT2D eigenvalue weighted by Crippen LogP contribution is -1.85. The molecular weight excluding hydrogens is 172 g/mol. The summed E-state index contributed by atoms with van der Waals surface area (Å²) >= 11 is 0. The molecule has 3 N–H and O–H groups in total. The molecule has 0 aliphatic heterocycles. The van der Waals surface area contributed by atoms with E-state index in [0.29, 0.717) is 5.82 Å². The molecule has 0 saturated carbocycles. The fourth-order valence-corrected chi connectivity index (χ4v) is 1.53. The number of anilines is 1. The van der Waals surface area contributed by atoms with Crippen LogP contribution in [0.2, 0.25) is 0 Å². The molecule has 0 aliphatic rings. The van der Waals surface area contributed by atoms with Gasteiger partial charge in [-0.1, -0.05) is 43.0 Å². The van der Waals surface area contributed by atoms with Crippen LogP contribution in [0, 0.1) is 0 Å². The van der Waals surface area contributed by atoms with E-state index < -0.39 is 0 Å². The van der Waals surface area contributed by atoms with Crippen LogP contribution in [0.25, 0.3) is 17.0 Å². The Morgan fingerprint density at radius 3 is 2.86 bits per heavy atom. The van der Waals surface area contributed by atoms with Crippen LogP contribution in [0.4, 0.5) is 5.82 Å². The van der Waals surface area contributed by atoms with E-state index in [-0.39, 0.29) is 0 Å². The highest BCUT2D eigenvalue weighted by Crippen LogP contribution is 2.24. The van der Waals surface area contributed by atoms with Gasteiger partial charge in [0, 0.05) is 16.5 Å². The molecule has 0 fully saturated rings. The minimum atomic E-state index is 0.698. The maximum absolute atomic E-state index is 5.85. The molecule has 0 saturated heterocycles. The summed E-state index contributed by atoms with van der Waals surface area (Å²) in [4.78, 5) is 3.13. The first-order valence-electron chi connectivity index (χ1n) is 4.48. The van der Waals surface area contributed by atoms with E-state index in [1.807, 2.05) is 36.4 Å². The van der Waals surface area contributed by atoms with E-state index in [2.05, 4.69) is 11.6 Å². The number of aromatic amines is 1. The van der Waals surface area contributed by atoms with Gasteiger partial charge in [0.25, 0.3) is 0 Å². The first-order valence-corrected chi connectivity index (χ1v) is 4.48. The van der Waals surface area contributed by atoms with Gasteiger partial charge >= 0.3 is 0 Å². The molecule has 0 radical (unpaired) electrons. The molecule has 0 unspecified atom stereocenters. The van der Waals surface area contributed by atoms with Crippen LogP contribution in [0.15, 0.2) is 43.0 Å². The Labute approximate surface area is 82.7 Å². The predicted molar refractivity (Wildman–Crippen MR) is 61.9 cm³/mol. The highest BCUT2D eigenvalue weighted by molar-refractivity contribution is 5.94. The van der Waals surface area contributed by atoms with Crippen molar-refractivity contribution in [2.24, 2.45) is 0 Å². The molecule has 0 aliphatic carbocycles. The molecule has 0 atom stereocenters. The second-order valence-corrected chi connectivity index (χ2v) is 3.09. The molecule has 14 heavy (non-hydrogen) atoms. The summed E-state index contributed by atoms with van der Waals surface area (Å²) in [6, 6.07) is 8.04. The number of benzene rings is 1. The zero-order valence-corrected chi connectivity index (χ0v) is 7.83. The number of allylic oxidation sites excluding steroid dienone is 2. The van der Waals surface area contributed by atoms with Crippen molar-refractivity contribution in [1.29, 1.82) is 0 Å². The SMILES string of the molecule is C=C/C=C\c1c(N)[nH]c2ccccc12. The number of hydrogen-bond acceptors (Lipinski definition) is 1. The average molecular weight is 184 g/mol. The number of hydrogen-bond donors (Lipinski definition) is 2. The lowest BCUT2D eigenvalue weighted by molar-refractivity contribution is 1.47. The zero-order valence-electron chi connectivity index (χ0n) is 7.83.